The van der Waals surface area contributed by atoms with Gasteiger partial charge in [-0.1, -0.05) is 37.6 Å². The van der Waals surface area contributed by atoms with Crippen molar-refractivity contribution < 1.29 is 9.53 Å². The van der Waals surface area contributed by atoms with Crippen molar-refractivity contribution in [2.24, 2.45) is 5.92 Å². The summed E-state index contributed by atoms with van der Waals surface area (Å²) in [6.07, 6.45) is 1.12. The molecule has 0 bridgehead atoms. The van der Waals surface area contributed by atoms with Gasteiger partial charge in [0.2, 0.25) is 0 Å². The van der Waals surface area contributed by atoms with E-state index in [1.54, 1.807) is 0 Å². The second-order valence-electron chi connectivity index (χ2n) is 5.49. The molecule has 1 aromatic rings. The maximum absolute atomic E-state index is 12.0. The highest BCUT2D eigenvalue weighted by Gasteiger charge is 2.12. The number of aryl methyl sites for hydroxylation is 2. The number of Topliss-reactive ketones (excluding diaryl/α,β-unsaturated/α-hetero) is 1. The molecule has 0 aromatic heterocycles. The third kappa shape index (κ3) is 4.61. The van der Waals surface area contributed by atoms with Crippen LogP contribution in [0.4, 0.5) is 0 Å². The molecule has 0 aliphatic rings. The Hall–Kier alpha value is -1.15. The van der Waals surface area contributed by atoms with Crippen molar-refractivity contribution in [2.75, 3.05) is 6.61 Å². The summed E-state index contributed by atoms with van der Waals surface area (Å²) in [5.74, 6) is 0.666. The van der Waals surface area contributed by atoms with Crippen molar-refractivity contribution in [3.05, 3.63) is 34.9 Å². The first kappa shape index (κ1) is 14.9. The van der Waals surface area contributed by atoms with E-state index in [1.807, 2.05) is 39.0 Å². The Morgan fingerprint density at radius 1 is 1.22 bits per heavy atom. The highest BCUT2D eigenvalue weighted by atomic mass is 16.5. The van der Waals surface area contributed by atoms with Crippen LogP contribution < -0.4 is 0 Å². The third-order valence-electron chi connectivity index (χ3n) is 2.98. The van der Waals surface area contributed by atoms with Gasteiger partial charge in [0.25, 0.3) is 0 Å². The second kappa shape index (κ2) is 6.69. The fraction of sp³-hybridized carbons (Fsp3) is 0.562. The molecule has 1 aromatic carbocycles. The topological polar surface area (TPSA) is 26.3 Å². The zero-order valence-corrected chi connectivity index (χ0v) is 12.1. The van der Waals surface area contributed by atoms with E-state index in [-0.39, 0.29) is 18.5 Å². The van der Waals surface area contributed by atoms with Gasteiger partial charge in [-0.25, -0.2) is 0 Å². The minimum atomic E-state index is 0.0723. The van der Waals surface area contributed by atoms with Gasteiger partial charge in [-0.15, -0.1) is 0 Å². The van der Waals surface area contributed by atoms with E-state index >= 15 is 0 Å². The first-order valence-corrected chi connectivity index (χ1v) is 6.62. The summed E-state index contributed by atoms with van der Waals surface area (Å²) in [6.45, 7) is 10.5. The molecule has 0 spiro atoms. The van der Waals surface area contributed by atoms with Crippen LogP contribution in [-0.2, 0) is 4.74 Å². The molecular formula is C16H24O2. The van der Waals surface area contributed by atoms with Gasteiger partial charge in [0, 0.05) is 5.56 Å². The number of benzene rings is 1. The van der Waals surface area contributed by atoms with Crippen LogP contribution in [0, 0.1) is 19.8 Å². The van der Waals surface area contributed by atoms with Crippen molar-refractivity contribution >= 4 is 5.78 Å². The standard InChI is InChI=1S/C16H24O2/c1-11(2)8-14(5)18-10-16(17)15-7-6-12(3)9-13(15)4/h6-7,9,11,14H,8,10H2,1-5H3. The highest BCUT2D eigenvalue weighted by molar-refractivity contribution is 5.98. The Kier molecular flexibility index (Phi) is 5.54. The molecular weight excluding hydrogens is 224 g/mol. The Morgan fingerprint density at radius 3 is 2.44 bits per heavy atom. The fourth-order valence-electron chi connectivity index (χ4n) is 2.15. The molecule has 0 saturated carbocycles. The predicted octanol–water partition coefficient (Wildman–Crippen LogP) is 3.94. The Balaban J connectivity index is 2.55. The number of ketones is 1. The molecule has 1 atom stereocenters. The van der Waals surface area contributed by atoms with E-state index < -0.39 is 0 Å². The van der Waals surface area contributed by atoms with Crippen LogP contribution in [0.1, 0.15) is 48.7 Å². The third-order valence-corrected chi connectivity index (χ3v) is 2.98. The van der Waals surface area contributed by atoms with E-state index in [0.717, 1.165) is 17.5 Å². The Labute approximate surface area is 110 Å². The molecule has 2 heteroatoms. The maximum atomic E-state index is 12.0. The van der Waals surface area contributed by atoms with Crippen LogP contribution >= 0.6 is 0 Å². The average molecular weight is 248 g/mol. The molecule has 2 nitrogen and oxygen atoms in total. The largest absolute Gasteiger partial charge is 0.370 e. The van der Waals surface area contributed by atoms with E-state index in [4.69, 9.17) is 4.74 Å². The summed E-state index contributed by atoms with van der Waals surface area (Å²) >= 11 is 0. The van der Waals surface area contributed by atoms with Gasteiger partial charge in [0.15, 0.2) is 5.78 Å². The van der Waals surface area contributed by atoms with Crippen LogP contribution in [0.3, 0.4) is 0 Å². The molecule has 0 amide bonds. The fourth-order valence-corrected chi connectivity index (χ4v) is 2.15. The smallest absolute Gasteiger partial charge is 0.188 e. The second-order valence-corrected chi connectivity index (χ2v) is 5.49. The molecule has 0 heterocycles. The van der Waals surface area contributed by atoms with Gasteiger partial charge in [-0.3, -0.25) is 4.79 Å². The summed E-state index contributed by atoms with van der Waals surface area (Å²) in [6, 6.07) is 5.89. The van der Waals surface area contributed by atoms with E-state index in [1.165, 1.54) is 5.56 Å². The first-order chi connectivity index (χ1) is 8.40. The van der Waals surface area contributed by atoms with Crippen LogP contribution in [0.25, 0.3) is 0 Å². The van der Waals surface area contributed by atoms with Crippen molar-refractivity contribution in [1.29, 1.82) is 0 Å². The highest BCUT2D eigenvalue weighted by Crippen LogP contribution is 2.13. The summed E-state index contributed by atoms with van der Waals surface area (Å²) < 4.78 is 5.60. The normalized spacial score (nSPS) is 12.8. The molecule has 0 aliphatic carbocycles. The van der Waals surface area contributed by atoms with Crippen LogP contribution in [0.5, 0.6) is 0 Å². The van der Waals surface area contributed by atoms with Gasteiger partial charge in [-0.05, 0) is 38.7 Å². The number of ether oxygens (including phenoxy) is 1. The number of rotatable bonds is 6. The van der Waals surface area contributed by atoms with Crippen LogP contribution in [0.2, 0.25) is 0 Å². The average Bonchev–Trinajstić information content (AvgIpc) is 2.25. The lowest BCUT2D eigenvalue weighted by molar-refractivity contribution is 0.0444. The molecule has 0 radical (unpaired) electrons. The molecule has 100 valence electrons. The molecule has 0 saturated heterocycles. The number of carbonyl (C=O) groups excluding carboxylic acids is 1. The van der Waals surface area contributed by atoms with Gasteiger partial charge in [0.1, 0.15) is 6.61 Å². The van der Waals surface area contributed by atoms with E-state index in [2.05, 4.69) is 13.8 Å². The monoisotopic (exact) mass is 248 g/mol. The summed E-state index contributed by atoms with van der Waals surface area (Å²) in [5.41, 5.74) is 2.98. The van der Waals surface area contributed by atoms with Gasteiger partial charge < -0.3 is 4.74 Å². The molecule has 0 N–H and O–H groups in total. The Bertz CT molecular complexity index is 408. The predicted molar refractivity (Wildman–Crippen MR) is 75.1 cm³/mol. The quantitative estimate of drug-likeness (QED) is 0.713. The Morgan fingerprint density at radius 2 is 1.89 bits per heavy atom. The number of hydrogen-bond acceptors (Lipinski definition) is 2. The maximum Gasteiger partial charge on any atom is 0.188 e. The molecule has 1 rings (SSSR count). The minimum absolute atomic E-state index is 0.0723. The van der Waals surface area contributed by atoms with Crippen molar-refractivity contribution in [3.63, 3.8) is 0 Å². The van der Waals surface area contributed by atoms with Crippen molar-refractivity contribution in [2.45, 2.75) is 47.1 Å². The lowest BCUT2D eigenvalue weighted by atomic mass is 10.0. The zero-order valence-electron chi connectivity index (χ0n) is 12.1. The summed E-state index contributed by atoms with van der Waals surface area (Å²) in [7, 11) is 0. The van der Waals surface area contributed by atoms with Crippen molar-refractivity contribution in [1.82, 2.24) is 0 Å². The summed E-state index contributed by atoms with van der Waals surface area (Å²) in [5, 5.41) is 0. The summed E-state index contributed by atoms with van der Waals surface area (Å²) in [4.78, 5) is 12.0. The van der Waals surface area contributed by atoms with Crippen molar-refractivity contribution in [3.8, 4) is 0 Å². The molecule has 0 fully saturated rings. The van der Waals surface area contributed by atoms with E-state index in [9.17, 15) is 4.79 Å². The lowest BCUT2D eigenvalue weighted by Gasteiger charge is -2.15. The van der Waals surface area contributed by atoms with Gasteiger partial charge in [-0.2, -0.15) is 0 Å². The van der Waals surface area contributed by atoms with Gasteiger partial charge >= 0.3 is 0 Å². The van der Waals surface area contributed by atoms with E-state index in [0.29, 0.717) is 5.92 Å². The lowest BCUT2D eigenvalue weighted by Crippen LogP contribution is -2.18. The molecule has 18 heavy (non-hydrogen) atoms. The van der Waals surface area contributed by atoms with Crippen LogP contribution in [-0.4, -0.2) is 18.5 Å². The van der Waals surface area contributed by atoms with Gasteiger partial charge in [0.05, 0.1) is 6.10 Å². The minimum Gasteiger partial charge on any atom is -0.370 e. The SMILES string of the molecule is Cc1ccc(C(=O)COC(C)CC(C)C)c(C)c1. The number of hydrogen-bond donors (Lipinski definition) is 0. The zero-order chi connectivity index (χ0) is 13.7. The van der Waals surface area contributed by atoms with Crippen LogP contribution in [0.15, 0.2) is 18.2 Å². The molecule has 1 unspecified atom stereocenters. The number of carbonyl (C=O) groups is 1. The first-order valence-electron chi connectivity index (χ1n) is 6.62. The molecule has 0 aliphatic heterocycles.